The van der Waals surface area contributed by atoms with Crippen LogP contribution in [-0.4, -0.2) is 67.1 Å². The van der Waals surface area contributed by atoms with E-state index in [2.05, 4.69) is 10.2 Å². The molecular weight excluding hydrogens is 460 g/mol. The fourth-order valence-electron chi connectivity index (χ4n) is 3.58. The number of amides is 1. The number of nitro benzene ring substituents is 1. The molecule has 0 unspecified atom stereocenters. The Morgan fingerprint density at radius 2 is 1.85 bits per heavy atom. The number of ether oxygens (including phenoxy) is 1. The lowest BCUT2D eigenvalue weighted by Gasteiger charge is -2.33. The standard InChI is InChI=1S/C22H24F4N4O4/c1-28-7-9-29(10-8-28)14-16-2-4-17(13-18(16)22(24,25)26)27-21(31)15-3-5-20(34-11-6-23)19(12-15)30(32)33/h2-5,12-13H,6-11,14H2,1H3,(H,27,31). The lowest BCUT2D eigenvalue weighted by Crippen LogP contribution is -2.44. The lowest BCUT2D eigenvalue weighted by molar-refractivity contribution is -0.385. The predicted octanol–water partition coefficient (Wildman–Crippen LogP) is 3.96. The molecule has 0 aliphatic carbocycles. The predicted molar refractivity (Wildman–Crippen MR) is 117 cm³/mol. The van der Waals surface area contributed by atoms with Crippen LogP contribution < -0.4 is 10.1 Å². The van der Waals surface area contributed by atoms with Crippen LogP contribution in [0.2, 0.25) is 0 Å². The van der Waals surface area contributed by atoms with Crippen molar-refractivity contribution in [2.45, 2.75) is 12.7 Å². The van der Waals surface area contributed by atoms with Crippen molar-refractivity contribution in [1.29, 1.82) is 0 Å². The Kier molecular flexibility index (Phi) is 8.05. The summed E-state index contributed by atoms with van der Waals surface area (Å²) >= 11 is 0. The number of likely N-dealkylation sites (N-methyl/N-ethyl adjacent to an activating group) is 1. The van der Waals surface area contributed by atoms with Gasteiger partial charge in [0.25, 0.3) is 5.91 Å². The zero-order chi connectivity index (χ0) is 24.9. The molecule has 0 atom stereocenters. The molecule has 0 bridgehead atoms. The third-order valence-electron chi connectivity index (χ3n) is 5.42. The molecule has 8 nitrogen and oxygen atoms in total. The summed E-state index contributed by atoms with van der Waals surface area (Å²) in [6.45, 7) is 1.70. The minimum atomic E-state index is -4.63. The molecule has 1 heterocycles. The van der Waals surface area contributed by atoms with E-state index in [0.717, 1.165) is 31.3 Å². The van der Waals surface area contributed by atoms with Crippen molar-refractivity contribution in [2.24, 2.45) is 0 Å². The summed E-state index contributed by atoms with van der Waals surface area (Å²) in [6, 6.07) is 6.83. The van der Waals surface area contributed by atoms with Gasteiger partial charge in [-0.15, -0.1) is 0 Å². The molecule has 184 valence electrons. The fraction of sp³-hybridized carbons (Fsp3) is 0.409. The quantitative estimate of drug-likeness (QED) is 0.347. The molecule has 2 aromatic carbocycles. The van der Waals surface area contributed by atoms with Crippen LogP contribution in [0.4, 0.5) is 28.9 Å². The van der Waals surface area contributed by atoms with Crippen LogP contribution in [0.15, 0.2) is 36.4 Å². The highest BCUT2D eigenvalue weighted by Gasteiger charge is 2.34. The van der Waals surface area contributed by atoms with Gasteiger partial charge in [-0.1, -0.05) is 6.07 Å². The summed E-state index contributed by atoms with van der Waals surface area (Å²) in [7, 11) is 1.95. The summed E-state index contributed by atoms with van der Waals surface area (Å²) in [6.07, 6.45) is -4.63. The second kappa shape index (κ2) is 10.8. The first-order valence-electron chi connectivity index (χ1n) is 10.5. The SMILES string of the molecule is CN1CCN(Cc2ccc(NC(=O)c3ccc(OCCF)c([N+](=O)[O-])c3)cc2C(F)(F)F)CC1. The van der Waals surface area contributed by atoms with Gasteiger partial charge in [0.15, 0.2) is 5.75 Å². The van der Waals surface area contributed by atoms with Gasteiger partial charge in [-0.05, 0) is 36.9 Å². The zero-order valence-electron chi connectivity index (χ0n) is 18.4. The molecular formula is C22H24F4N4O4. The molecule has 1 saturated heterocycles. The summed E-state index contributed by atoms with van der Waals surface area (Å²) in [5, 5.41) is 13.6. The van der Waals surface area contributed by atoms with Gasteiger partial charge in [0.2, 0.25) is 0 Å². The third kappa shape index (κ3) is 6.41. The van der Waals surface area contributed by atoms with E-state index < -0.39 is 41.5 Å². The van der Waals surface area contributed by atoms with Gasteiger partial charge in [-0.2, -0.15) is 13.2 Å². The molecule has 2 aromatic rings. The van der Waals surface area contributed by atoms with Gasteiger partial charge in [0.05, 0.1) is 10.5 Å². The molecule has 1 fully saturated rings. The molecule has 1 amide bonds. The summed E-state index contributed by atoms with van der Waals surface area (Å²) in [5.41, 5.74) is -1.57. The molecule has 3 rings (SSSR count). The number of piperazine rings is 1. The summed E-state index contributed by atoms with van der Waals surface area (Å²) in [5.74, 6) is -1.05. The number of nitro groups is 1. The number of rotatable bonds is 8. The molecule has 1 N–H and O–H groups in total. The fourth-order valence-corrected chi connectivity index (χ4v) is 3.58. The van der Waals surface area contributed by atoms with E-state index in [1.54, 1.807) is 0 Å². The van der Waals surface area contributed by atoms with Crippen molar-refractivity contribution < 1.29 is 32.0 Å². The monoisotopic (exact) mass is 484 g/mol. The second-order valence-electron chi connectivity index (χ2n) is 7.88. The van der Waals surface area contributed by atoms with Crippen molar-refractivity contribution in [3.8, 4) is 5.75 Å². The zero-order valence-corrected chi connectivity index (χ0v) is 18.4. The normalized spacial score (nSPS) is 15.2. The number of nitrogens with one attached hydrogen (secondary N) is 1. The number of benzene rings is 2. The lowest BCUT2D eigenvalue weighted by atomic mass is 10.0. The first-order valence-corrected chi connectivity index (χ1v) is 10.5. The van der Waals surface area contributed by atoms with Gasteiger partial charge in [-0.25, -0.2) is 4.39 Å². The number of halogens is 4. The van der Waals surface area contributed by atoms with Crippen LogP contribution in [0.3, 0.4) is 0 Å². The largest absolute Gasteiger partial charge is 0.484 e. The van der Waals surface area contributed by atoms with Crippen molar-refractivity contribution in [2.75, 3.05) is 51.8 Å². The van der Waals surface area contributed by atoms with Crippen molar-refractivity contribution in [3.05, 3.63) is 63.2 Å². The van der Waals surface area contributed by atoms with Crippen LogP contribution in [0.1, 0.15) is 21.5 Å². The van der Waals surface area contributed by atoms with Crippen LogP contribution in [0, 0.1) is 10.1 Å². The molecule has 0 saturated carbocycles. The molecule has 1 aliphatic rings. The van der Waals surface area contributed by atoms with Gasteiger partial charge < -0.3 is 15.0 Å². The van der Waals surface area contributed by atoms with E-state index in [4.69, 9.17) is 4.74 Å². The van der Waals surface area contributed by atoms with E-state index in [0.29, 0.717) is 13.1 Å². The number of carbonyl (C=O) groups excluding carboxylic acids is 1. The van der Waals surface area contributed by atoms with Gasteiger partial charge >= 0.3 is 11.9 Å². The van der Waals surface area contributed by atoms with E-state index in [-0.39, 0.29) is 29.1 Å². The average molecular weight is 484 g/mol. The van der Waals surface area contributed by atoms with Crippen LogP contribution in [0.25, 0.3) is 0 Å². The van der Waals surface area contributed by atoms with Crippen LogP contribution in [0.5, 0.6) is 5.75 Å². The Balaban J connectivity index is 1.80. The highest BCUT2D eigenvalue weighted by molar-refractivity contribution is 6.04. The number of nitrogens with zero attached hydrogens (tertiary/aromatic N) is 3. The topological polar surface area (TPSA) is 88.0 Å². The summed E-state index contributed by atoms with van der Waals surface area (Å²) < 4.78 is 58.5. The molecule has 34 heavy (non-hydrogen) atoms. The molecule has 0 radical (unpaired) electrons. The second-order valence-corrected chi connectivity index (χ2v) is 7.88. The Morgan fingerprint density at radius 3 is 2.47 bits per heavy atom. The smallest absolute Gasteiger partial charge is 0.416 e. The van der Waals surface area contributed by atoms with Gasteiger partial charge in [0.1, 0.15) is 13.3 Å². The van der Waals surface area contributed by atoms with Crippen molar-refractivity contribution in [3.63, 3.8) is 0 Å². The first kappa shape index (κ1) is 25.4. The van der Waals surface area contributed by atoms with E-state index in [1.807, 2.05) is 11.9 Å². The Morgan fingerprint density at radius 1 is 1.15 bits per heavy atom. The highest BCUT2D eigenvalue weighted by atomic mass is 19.4. The van der Waals surface area contributed by atoms with E-state index >= 15 is 0 Å². The maximum absolute atomic E-state index is 13.7. The minimum absolute atomic E-state index is 0.0973. The molecule has 12 heteroatoms. The third-order valence-corrected chi connectivity index (χ3v) is 5.42. The van der Waals surface area contributed by atoms with Crippen LogP contribution in [-0.2, 0) is 12.7 Å². The summed E-state index contributed by atoms with van der Waals surface area (Å²) in [4.78, 5) is 27.1. The number of alkyl halides is 4. The number of hydrogen-bond donors (Lipinski definition) is 1. The minimum Gasteiger partial charge on any atom is -0.484 e. The van der Waals surface area contributed by atoms with E-state index in [1.165, 1.54) is 18.2 Å². The Bertz CT molecular complexity index is 1040. The maximum Gasteiger partial charge on any atom is 0.416 e. The van der Waals surface area contributed by atoms with Gasteiger partial charge in [0, 0.05) is 50.0 Å². The van der Waals surface area contributed by atoms with E-state index in [9.17, 15) is 32.5 Å². The Labute approximate surface area is 193 Å². The van der Waals surface area contributed by atoms with Crippen molar-refractivity contribution in [1.82, 2.24) is 9.80 Å². The number of hydrogen-bond acceptors (Lipinski definition) is 6. The average Bonchev–Trinajstić information content (AvgIpc) is 2.79. The molecule has 1 aliphatic heterocycles. The van der Waals surface area contributed by atoms with Crippen molar-refractivity contribution >= 4 is 17.3 Å². The maximum atomic E-state index is 13.7. The number of anilines is 1. The van der Waals surface area contributed by atoms with Crippen LogP contribution >= 0.6 is 0 Å². The highest BCUT2D eigenvalue weighted by Crippen LogP contribution is 2.35. The molecule has 0 spiro atoms. The number of carbonyl (C=O) groups is 1. The Hall–Kier alpha value is -3.25. The molecule has 0 aromatic heterocycles. The van der Waals surface area contributed by atoms with Gasteiger partial charge in [-0.3, -0.25) is 19.8 Å². The first-order chi connectivity index (χ1) is 16.1.